The standard InChI is InChI=1S/C11H18N4.C2H6/c1-10-4-5-12-11(13-10)15-7-3-6-14(2)8-9-15;1-2/h4-5H,3,6-9H2,1-2H3;1-2H3. The molecule has 0 unspecified atom stereocenters. The minimum Gasteiger partial charge on any atom is -0.339 e. The Morgan fingerprint density at radius 1 is 1.12 bits per heavy atom. The molecule has 0 saturated carbocycles. The van der Waals surface area contributed by atoms with Crippen LogP contribution in [0, 0.1) is 6.92 Å². The summed E-state index contributed by atoms with van der Waals surface area (Å²) in [6.07, 6.45) is 3.03. The number of rotatable bonds is 1. The van der Waals surface area contributed by atoms with Crippen LogP contribution in [0.25, 0.3) is 0 Å². The summed E-state index contributed by atoms with van der Waals surface area (Å²) in [4.78, 5) is 13.4. The fourth-order valence-corrected chi connectivity index (χ4v) is 1.83. The SMILES string of the molecule is CC.Cc1ccnc(N2CCCN(C)CC2)n1. The Morgan fingerprint density at radius 2 is 1.88 bits per heavy atom. The van der Waals surface area contributed by atoms with Gasteiger partial charge in [-0.15, -0.1) is 0 Å². The van der Waals surface area contributed by atoms with Gasteiger partial charge < -0.3 is 9.80 Å². The Kier molecular flexibility index (Phi) is 5.91. The predicted octanol–water partition coefficient (Wildman–Crippen LogP) is 1.95. The van der Waals surface area contributed by atoms with Crippen LogP contribution in [0.1, 0.15) is 26.0 Å². The Hall–Kier alpha value is -1.16. The molecule has 1 fully saturated rings. The maximum absolute atomic E-state index is 4.46. The highest BCUT2D eigenvalue weighted by molar-refractivity contribution is 5.30. The first-order valence-electron chi connectivity index (χ1n) is 6.49. The van der Waals surface area contributed by atoms with Gasteiger partial charge in [0.2, 0.25) is 5.95 Å². The van der Waals surface area contributed by atoms with Gasteiger partial charge in [0.05, 0.1) is 0 Å². The first kappa shape index (κ1) is 13.9. The molecule has 4 heteroatoms. The van der Waals surface area contributed by atoms with E-state index < -0.39 is 0 Å². The molecule has 2 heterocycles. The molecule has 4 nitrogen and oxygen atoms in total. The van der Waals surface area contributed by atoms with Crippen molar-refractivity contribution in [3.63, 3.8) is 0 Å². The van der Waals surface area contributed by atoms with Crippen molar-refractivity contribution in [1.82, 2.24) is 14.9 Å². The Balaban J connectivity index is 0.000000686. The average Bonchev–Trinajstić information content (AvgIpc) is 2.57. The van der Waals surface area contributed by atoms with Crippen LogP contribution in [-0.2, 0) is 0 Å². The topological polar surface area (TPSA) is 32.3 Å². The van der Waals surface area contributed by atoms with Gasteiger partial charge in [0, 0.05) is 31.5 Å². The van der Waals surface area contributed by atoms with Crippen LogP contribution >= 0.6 is 0 Å². The van der Waals surface area contributed by atoms with Gasteiger partial charge in [0.1, 0.15) is 0 Å². The van der Waals surface area contributed by atoms with Gasteiger partial charge in [-0.25, -0.2) is 9.97 Å². The number of likely N-dealkylation sites (N-methyl/N-ethyl adjacent to an activating group) is 1. The number of hydrogen-bond donors (Lipinski definition) is 0. The van der Waals surface area contributed by atoms with Crippen molar-refractivity contribution in [2.24, 2.45) is 0 Å². The summed E-state index contributed by atoms with van der Waals surface area (Å²) in [7, 11) is 2.17. The maximum atomic E-state index is 4.46. The van der Waals surface area contributed by atoms with E-state index in [2.05, 4.69) is 26.8 Å². The molecular formula is C13H24N4. The Bertz CT molecular complexity index is 327. The highest BCUT2D eigenvalue weighted by atomic mass is 15.3. The summed E-state index contributed by atoms with van der Waals surface area (Å²) in [5.41, 5.74) is 1.04. The summed E-state index contributed by atoms with van der Waals surface area (Å²) >= 11 is 0. The smallest absolute Gasteiger partial charge is 0.225 e. The zero-order valence-corrected chi connectivity index (χ0v) is 11.5. The minimum absolute atomic E-state index is 0.880. The molecule has 0 aromatic carbocycles. The maximum Gasteiger partial charge on any atom is 0.225 e. The van der Waals surface area contributed by atoms with Crippen LogP contribution < -0.4 is 4.90 Å². The van der Waals surface area contributed by atoms with Gasteiger partial charge in [0.15, 0.2) is 0 Å². The Labute approximate surface area is 105 Å². The lowest BCUT2D eigenvalue weighted by molar-refractivity contribution is 0.360. The van der Waals surface area contributed by atoms with Crippen LogP contribution in [0.3, 0.4) is 0 Å². The average molecular weight is 236 g/mol. The van der Waals surface area contributed by atoms with E-state index >= 15 is 0 Å². The Morgan fingerprint density at radius 3 is 2.59 bits per heavy atom. The van der Waals surface area contributed by atoms with E-state index in [1.54, 1.807) is 0 Å². The molecule has 0 spiro atoms. The van der Waals surface area contributed by atoms with E-state index in [0.29, 0.717) is 0 Å². The molecule has 96 valence electrons. The van der Waals surface area contributed by atoms with E-state index in [4.69, 9.17) is 0 Å². The highest BCUT2D eigenvalue weighted by Gasteiger charge is 2.14. The van der Waals surface area contributed by atoms with Gasteiger partial charge in [0.25, 0.3) is 0 Å². The third-order valence-electron chi connectivity index (χ3n) is 2.78. The minimum atomic E-state index is 0.880. The van der Waals surface area contributed by atoms with Crippen molar-refractivity contribution in [3.05, 3.63) is 18.0 Å². The molecule has 0 bridgehead atoms. The molecule has 0 radical (unpaired) electrons. The zero-order valence-electron chi connectivity index (χ0n) is 11.5. The van der Waals surface area contributed by atoms with Crippen molar-refractivity contribution in [2.75, 3.05) is 38.1 Å². The van der Waals surface area contributed by atoms with Crippen molar-refractivity contribution in [2.45, 2.75) is 27.2 Å². The lowest BCUT2D eigenvalue weighted by Crippen LogP contribution is -2.30. The zero-order chi connectivity index (χ0) is 12.7. The summed E-state index contributed by atoms with van der Waals surface area (Å²) in [5, 5.41) is 0. The summed E-state index contributed by atoms with van der Waals surface area (Å²) in [6, 6.07) is 1.94. The first-order valence-corrected chi connectivity index (χ1v) is 6.49. The second kappa shape index (κ2) is 7.22. The van der Waals surface area contributed by atoms with Gasteiger partial charge in [-0.05, 0) is 33.0 Å². The predicted molar refractivity (Wildman–Crippen MR) is 72.4 cm³/mol. The van der Waals surface area contributed by atoms with Crippen molar-refractivity contribution in [1.29, 1.82) is 0 Å². The second-order valence-corrected chi connectivity index (χ2v) is 4.14. The summed E-state index contributed by atoms with van der Waals surface area (Å²) < 4.78 is 0. The first-order chi connectivity index (χ1) is 8.25. The molecule has 1 aromatic heterocycles. The van der Waals surface area contributed by atoms with Crippen LogP contribution in [-0.4, -0.2) is 48.1 Å². The molecule has 1 aliphatic rings. The fraction of sp³-hybridized carbons (Fsp3) is 0.692. The van der Waals surface area contributed by atoms with Crippen LogP contribution in [0.5, 0.6) is 0 Å². The number of nitrogens with zero attached hydrogens (tertiary/aromatic N) is 4. The molecule has 0 amide bonds. The second-order valence-electron chi connectivity index (χ2n) is 4.14. The fourth-order valence-electron chi connectivity index (χ4n) is 1.83. The van der Waals surface area contributed by atoms with Crippen LogP contribution in [0.4, 0.5) is 5.95 Å². The van der Waals surface area contributed by atoms with Crippen molar-refractivity contribution in [3.8, 4) is 0 Å². The van der Waals surface area contributed by atoms with E-state index in [0.717, 1.165) is 31.3 Å². The molecule has 0 N–H and O–H groups in total. The van der Waals surface area contributed by atoms with Crippen LogP contribution in [0.2, 0.25) is 0 Å². The lowest BCUT2D eigenvalue weighted by atomic mass is 10.4. The third-order valence-corrected chi connectivity index (χ3v) is 2.78. The molecule has 1 aromatic rings. The number of aryl methyl sites for hydroxylation is 1. The monoisotopic (exact) mass is 236 g/mol. The normalized spacial score (nSPS) is 17.1. The van der Waals surface area contributed by atoms with Crippen molar-refractivity contribution >= 4 is 5.95 Å². The molecule has 1 aliphatic heterocycles. The van der Waals surface area contributed by atoms with Crippen LogP contribution in [0.15, 0.2) is 12.3 Å². The van der Waals surface area contributed by atoms with Gasteiger partial charge in [-0.2, -0.15) is 0 Å². The van der Waals surface area contributed by atoms with E-state index in [1.165, 1.54) is 13.0 Å². The van der Waals surface area contributed by atoms with E-state index in [-0.39, 0.29) is 0 Å². The summed E-state index contributed by atoms with van der Waals surface area (Å²) in [5.74, 6) is 0.880. The van der Waals surface area contributed by atoms with Gasteiger partial charge in [-0.1, -0.05) is 13.8 Å². The number of anilines is 1. The molecule has 0 aliphatic carbocycles. The highest BCUT2D eigenvalue weighted by Crippen LogP contribution is 2.10. The summed E-state index contributed by atoms with van der Waals surface area (Å²) in [6.45, 7) is 10.4. The van der Waals surface area contributed by atoms with Gasteiger partial charge in [-0.3, -0.25) is 0 Å². The van der Waals surface area contributed by atoms with Crippen molar-refractivity contribution < 1.29 is 0 Å². The molecule has 2 rings (SSSR count). The molecule has 0 atom stereocenters. The molecule has 17 heavy (non-hydrogen) atoms. The lowest BCUT2D eigenvalue weighted by Gasteiger charge is -2.20. The van der Waals surface area contributed by atoms with E-state index in [1.807, 2.05) is 33.0 Å². The molecule has 1 saturated heterocycles. The third kappa shape index (κ3) is 4.30. The number of aromatic nitrogens is 2. The van der Waals surface area contributed by atoms with Gasteiger partial charge >= 0.3 is 0 Å². The number of hydrogen-bond acceptors (Lipinski definition) is 4. The quantitative estimate of drug-likeness (QED) is 0.746. The van der Waals surface area contributed by atoms with E-state index in [9.17, 15) is 0 Å². The molecular weight excluding hydrogens is 212 g/mol. The largest absolute Gasteiger partial charge is 0.339 e.